The maximum Gasteiger partial charge on any atom is 0.416 e. The summed E-state index contributed by atoms with van der Waals surface area (Å²) in [7, 11) is 0. The minimum Gasteiger partial charge on any atom is -0.436 e. The fraction of sp³-hybridized carbons (Fsp3) is 0.357. The maximum absolute atomic E-state index is 14.0. The molecule has 3 heterocycles. The standard InChI is InChI=1S/C28H28ClF3N6O3/c1-2-37-9-11-38(12-10-37)15-18-3-5-19(14-20(18)28(30,31)32)36-26(40)17-4-6-21(29)23(13-17)41-27-24-22(39)7-8-33-25(24)34-16-35-27/h3-6,13-14,16H,2,7-12,15H2,1H3,(H,36,40)(H,33,34,35). The number of ketones is 1. The van der Waals surface area contributed by atoms with Crippen LogP contribution in [-0.2, 0) is 12.7 Å². The van der Waals surface area contributed by atoms with E-state index in [0.29, 0.717) is 25.5 Å². The first-order chi connectivity index (χ1) is 19.6. The van der Waals surface area contributed by atoms with Crippen LogP contribution in [0.1, 0.15) is 45.2 Å². The Balaban J connectivity index is 1.33. The first kappa shape index (κ1) is 28.8. The highest BCUT2D eigenvalue weighted by atomic mass is 35.5. The van der Waals surface area contributed by atoms with Gasteiger partial charge in [0.1, 0.15) is 23.5 Å². The third kappa shape index (κ3) is 6.61. The number of rotatable bonds is 7. The lowest BCUT2D eigenvalue weighted by Crippen LogP contribution is -2.45. The zero-order chi connectivity index (χ0) is 29.1. The Kier molecular flexibility index (Phi) is 8.43. The summed E-state index contributed by atoms with van der Waals surface area (Å²) in [5.41, 5.74) is -0.374. The Hall–Kier alpha value is -3.74. The molecular weight excluding hydrogens is 561 g/mol. The van der Waals surface area contributed by atoms with Crippen LogP contribution in [0.3, 0.4) is 0 Å². The number of likely N-dealkylation sites (N-methyl/N-ethyl adjacent to an activating group) is 1. The molecule has 0 unspecified atom stereocenters. The third-order valence-corrected chi connectivity index (χ3v) is 7.43. The predicted molar refractivity (Wildman–Crippen MR) is 148 cm³/mol. The molecule has 0 radical (unpaired) electrons. The molecule has 2 aliphatic rings. The van der Waals surface area contributed by atoms with E-state index in [1.54, 1.807) is 0 Å². The molecule has 1 amide bonds. The van der Waals surface area contributed by atoms with Gasteiger partial charge in [-0.1, -0.05) is 24.6 Å². The quantitative estimate of drug-likeness (QED) is 0.382. The minimum absolute atomic E-state index is 0.000775. The second-order valence-electron chi connectivity index (χ2n) is 9.78. The van der Waals surface area contributed by atoms with Crippen LogP contribution >= 0.6 is 11.6 Å². The Bertz CT molecular complexity index is 1460. The van der Waals surface area contributed by atoms with Gasteiger partial charge in [0.15, 0.2) is 5.78 Å². The molecule has 5 rings (SSSR count). The van der Waals surface area contributed by atoms with Crippen molar-refractivity contribution in [2.24, 2.45) is 0 Å². The molecule has 0 atom stereocenters. The minimum atomic E-state index is -4.59. The zero-order valence-electron chi connectivity index (χ0n) is 22.2. The Morgan fingerprint density at radius 3 is 2.59 bits per heavy atom. The van der Waals surface area contributed by atoms with Gasteiger partial charge in [0.05, 0.1) is 10.6 Å². The number of aromatic nitrogens is 2. The van der Waals surface area contributed by atoms with Gasteiger partial charge < -0.3 is 20.3 Å². The summed E-state index contributed by atoms with van der Waals surface area (Å²) in [4.78, 5) is 37.8. The summed E-state index contributed by atoms with van der Waals surface area (Å²) in [6.07, 6.45) is -3.12. The van der Waals surface area contributed by atoms with Crippen molar-refractivity contribution in [3.8, 4) is 11.6 Å². The molecule has 1 fully saturated rings. The average molecular weight is 589 g/mol. The van der Waals surface area contributed by atoms with E-state index in [-0.39, 0.29) is 57.8 Å². The molecule has 2 aromatic carbocycles. The molecule has 0 aliphatic carbocycles. The normalized spacial score (nSPS) is 16.2. The number of anilines is 2. The van der Waals surface area contributed by atoms with E-state index in [1.807, 2.05) is 4.90 Å². The van der Waals surface area contributed by atoms with Crippen molar-refractivity contribution >= 4 is 34.8 Å². The van der Waals surface area contributed by atoms with Gasteiger partial charge in [-0.05, 0) is 42.4 Å². The van der Waals surface area contributed by atoms with Crippen molar-refractivity contribution in [3.63, 3.8) is 0 Å². The van der Waals surface area contributed by atoms with Crippen molar-refractivity contribution < 1.29 is 27.5 Å². The van der Waals surface area contributed by atoms with Gasteiger partial charge in [-0.25, -0.2) is 9.97 Å². The number of hydrogen-bond donors (Lipinski definition) is 2. The summed E-state index contributed by atoms with van der Waals surface area (Å²) in [6, 6.07) is 7.99. The van der Waals surface area contributed by atoms with E-state index in [2.05, 4.69) is 32.4 Å². The highest BCUT2D eigenvalue weighted by molar-refractivity contribution is 6.32. The van der Waals surface area contributed by atoms with Crippen LogP contribution < -0.4 is 15.4 Å². The highest BCUT2D eigenvalue weighted by Crippen LogP contribution is 2.36. The largest absolute Gasteiger partial charge is 0.436 e. The third-order valence-electron chi connectivity index (χ3n) is 7.12. The number of halogens is 4. The van der Waals surface area contributed by atoms with Crippen LogP contribution in [-0.4, -0.2) is 70.7 Å². The Morgan fingerprint density at radius 1 is 1.10 bits per heavy atom. The second kappa shape index (κ2) is 12.0. The molecule has 9 nitrogen and oxygen atoms in total. The Labute approximate surface area is 239 Å². The summed E-state index contributed by atoms with van der Waals surface area (Å²) in [6.45, 7) is 6.58. The predicted octanol–water partition coefficient (Wildman–Crippen LogP) is 5.33. The number of alkyl halides is 3. The highest BCUT2D eigenvalue weighted by Gasteiger charge is 2.34. The summed E-state index contributed by atoms with van der Waals surface area (Å²) in [5, 5.41) is 5.68. The average Bonchev–Trinajstić information content (AvgIpc) is 2.95. The van der Waals surface area contributed by atoms with E-state index in [4.69, 9.17) is 16.3 Å². The molecule has 1 aromatic heterocycles. The van der Waals surface area contributed by atoms with Crippen molar-refractivity contribution in [1.29, 1.82) is 0 Å². The molecule has 2 aliphatic heterocycles. The number of hydrogen-bond acceptors (Lipinski definition) is 8. The van der Waals surface area contributed by atoms with Crippen LogP contribution in [0.4, 0.5) is 24.7 Å². The number of benzene rings is 2. The smallest absolute Gasteiger partial charge is 0.416 e. The fourth-order valence-electron chi connectivity index (χ4n) is 4.84. The molecule has 3 aromatic rings. The van der Waals surface area contributed by atoms with Crippen LogP contribution in [0.2, 0.25) is 5.02 Å². The zero-order valence-corrected chi connectivity index (χ0v) is 23.0. The molecular formula is C28H28ClF3N6O3. The number of piperazine rings is 1. The van der Waals surface area contributed by atoms with Crippen LogP contribution in [0.5, 0.6) is 11.6 Å². The van der Waals surface area contributed by atoms with Crippen LogP contribution in [0, 0.1) is 0 Å². The van der Waals surface area contributed by atoms with E-state index in [9.17, 15) is 22.8 Å². The number of nitrogens with zero attached hydrogens (tertiary/aromatic N) is 4. The van der Waals surface area contributed by atoms with Gasteiger partial charge in [-0.2, -0.15) is 13.2 Å². The molecule has 41 heavy (non-hydrogen) atoms. The molecule has 2 N–H and O–H groups in total. The molecule has 0 spiro atoms. The lowest BCUT2D eigenvalue weighted by Gasteiger charge is -2.34. The van der Waals surface area contributed by atoms with Gasteiger partial charge >= 0.3 is 6.18 Å². The molecule has 0 bridgehead atoms. The summed E-state index contributed by atoms with van der Waals surface area (Å²) >= 11 is 6.28. The summed E-state index contributed by atoms with van der Waals surface area (Å²) in [5.74, 6) is -0.498. The number of nitrogens with one attached hydrogen (secondary N) is 2. The lowest BCUT2D eigenvalue weighted by atomic mass is 10.0. The molecule has 13 heteroatoms. The van der Waals surface area contributed by atoms with Gasteiger partial charge in [-0.15, -0.1) is 0 Å². The first-order valence-electron chi connectivity index (χ1n) is 13.2. The van der Waals surface area contributed by atoms with Gasteiger partial charge in [-0.3, -0.25) is 14.5 Å². The number of fused-ring (bicyclic) bond motifs is 1. The van der Waals surface area contributed by atoms with E-state index >= 15 is 0 Å². The van der Waals surface area contributed by atoms with E-state index < -0.39 is 17.6 Å². The molecule has 216 valence electrons. The lowest BCUT2D eigenvalue weighted by molar-refractivity contribution is -0.138. The van der Waals surface area contributed by atoms with Crippen LogP contribution in [0.25, 0.3) is 0 Å². The number of Topliss-reactive ketones (excluding diaryl/α,β-unsaturated/α-hetero) is 1. The number of carbonyl (C=O) groups excluding carboxylic acids is 2. The van der Waals surface area contributed by atoms with Crippen molar-refractivity contribution in [2.45, 2.75) is 26.1 Å². The van der Waals surface area contributed by atoms with Gasteiger partial charge in [0, 0.05) is 56.9 Å². The van der Waals surface area contributed by atoms with Crippen molar-refractivity contribution in [1.82, 2.24) is 19.8 Å². The fourth-order valence-corrected chi connectivity index (χ4v) is 5.00. The van der Waals surface area contributed by atoms with Crippen LogP contribution in [0.15, 0.2) is 42.7 Å². The van der Waals surface area contributed by atoms with Crippen molar-refractivity contribution in [3.05, 3.63) is 70.0 Å². The maximum atomic E-state index is 14.0. The Morgan fingerprint density at radius 2 is 1.85 bits per heavy atom. The van der Waals surface area contributed by atoms with E-state index in [0.717, 1.165) is 25.7 Å². The van der Waals surface area contributed by atoms with Gasteiger partial charge in [0.2, 0.25) is 5.88 Å². The number of amides is 1. The second-order valence-corrected chi connectivity index (χ2v) is 10.2. The first-order valence-corrected chi connectivity index (χ1v) is 13.6. The molecule has 1 saturated heterocycles. The number of ether oxygens (including phenoxy) is 1. The summed E-state index contributed by atoms with van der Waals surface area (Å²) < 4.78 is 47.8. The van der Waals surface area contributed by atoms with Gasteiger partial charge in [0.25, 0.3) is 5.91 Å². The number of carbonyl (C=O) groups is 2. The monoisotopic (exact) mass is 588 g/mol. The topological polar surface area (TPSA) is 99.7 Å². The SMILES string of the molecule is CCN1CCN(Cc2ccc(NC(=O)c3ccc(Cl)c(Oc4ncnc5c4C(=O)CCN5)c3)cc2C(F)(F)F)CC1. The van der Waals surface area contributed by atoms with Crippen molar-refractivity contribution in [2.75, 3.05) is 49.9 Å². The molecule has 0 saturated carbocycles. The van der Waals surface area contributed by atoms with E-state index in [1.165, 1.54) is 36.7 Å².